The van der Waals surface area contributed by atoms with Crippen LogP contribution < -0.4 is 5.32 Å². The second-order valence-electron chi connectivity index (χ2n) is 6.00. The summed E-state index contributed by atoms with van der Waals surface area (Å²) in [4.78, 5) is 22.8. The van der Waals surface area contributed by atoms with Crippen molar-refractivity contribution in [1.29, 1.82) is 0 Å². The summed E-state index contributed by atoms with van der Waals surface area (Å²) in [6, 6.07) is 8.05. The molecule has 0 aliphatic heterocycles. The minimum absolute atomic E-state index is 0.137. The van der Waals surface area contributed by atoms with E-state index in [-0.39, 0.29) is 5.75 Å². The number of hydrogen-bond donors (Lipinski definition) is 3. The van der Waals surface area contributed by atoms with Crippen molar-refractivity contribution in [3.63, 3.8) is 0 Å². The number of ether oxygens (including phenoxy) is 1. The number of amides is 1. The number of aliphatic hydroxyl groups is 1. The van der Waals surface area contributed by atoms with E-state index in [1.807, 2.05) is 18.2 Å². The summed E-state index contributed by atoms with van der Waals surface area (Å²) in [5.41, 5.74) is 0.0797. The Morgan fingerprint density at radius 3 is 2.35 bits per heavy atom. The number of rotatable bonds is 7. The number of nitrogens with one attached hydrogen (secondary N) is 1. The number of carboxylic acid groups (broad SMARTS) is 1. The highest BCUT2D eigenvalue weighted by Crippen LogP contribution is 2.18. The molecule has 1 amide bonds. The fourth-order valence-corrected chi connectivity index (χ4v) is 2.71. The zero-order chi connectivity index (χ0) is 17.5. The van der Waals surface area contributed by atoms with Crippen LogP contribution in [0.3, 0.4) is 0 Å². The van der Waals surface area contributed by atoms with E-state index in [0.29, 0.717) is 5.75 Å². The minimum atomic E-state index is -1.14. The number of aliphatic carboxylic acids is 1. The third-order valence-corrected chi connectivity index (χ3v) is 3.85. The van der Waals surface area contributed by atoms with Crippen molar-refractivity contribution in [3.05, 3.63) is 35.9 Å². The molecular formula is C16H23NO5S. The molecule has 1 unspecified atom stereocenters. The van der Waals surface area contributed by atoms with E-state index in [4.69, 9.17) is 9.84 Å². The Morgan fingerprint density at radius 1 is 1.22 bits per heavy atom. The van der Waals surface area contributed by atoms with Crippen LogP contribution in [0, 0.1) is 0 Å². The number of carbonyl (C=O) groups excluding carboxylic acids is 1. The first-order valence-electron chi connectivity index (χ1n) is 7.22. The van der Waals surface area contributed by atoms with E-state index < -0.39 is 29.8 Å². The summed E-state index contributed by atoms with van der Waals surface area (Å²) in [5.74, 6) is -0.667. The molecule has 0 spiro atoms. The van der Waals surface area contributed by atoms with Gasteiger partial charge in [-0.25, -0.2) is 9.59 Å². The highest BCUT2D eigenvalue weighted by Gasteiger charge is 2.24. The van der Waals surface area contributed by atoms with Crippen LogP contribution in [-0.2, 0) is 9.53 Å². The van der Waals surface area contributed by atoms with Crippen LogP contribution in [0.2, 0.25) is 0 Å². The van der Waals surface area contributed by atoms with Gasteiger partial charge in [-0.1, -0.05) is 30.3 Å². The molecule has 23 heavy (non-hydrogen) atoms. The molecule has 7 heteroatoms. The molecule has 1 aromatic carbocycles. The summed E-state index contributed by atoms with van der Waals surface area (Å²) < 4.78 is 5.04. The van der Waals surface area contributed by atoms with Crippen LogP contribution in [0.4, 0.5) is 4.79 Å². The van der Waals surface area contributed by atoms with Gasteiger partial charge in [-0.15, -0.1) is 0 Å². The van der Waals surface area contributed by atoms with Crippen molar-refractivity contribution < 1.29 is 24.5 Å². The summed E-state index contributed by atoms with van der Waals surface area (Å²) in [7, 11) is 0. The van der Waals surface area contributed by atoms with E-state index in [9.17, 15) is 14.7 Å². The maximum absolute atomic E-state index is 11.6. The van der Waals surface area contributed by atoms with Crippen molar-refractivity contribution in [3.8, 4) is 0 Å². The van der Waals surface area contributed by atoms with Crippen LogP contribution in [-0.4, -0.2) is 45.4 Å². The highest BCUT2D eigenvalue weighted by atomic mass is 32.2. The number of benzene rings is 1. The molecule has 2 atom stereocenters. The van der Waals surface area contributed by atoms with Crippen LogP contribution >= 0.6 is 11.8 Å². The second-order valence-corrected chi connectivity index (χ2v) is 7.08. The predicted molar refractivity (Wildman–Crippen MR) is 89.5 cm³/mol. The third kappa shape index (κ3) is 7.90. The van der Waals surface area contributed by atoms with E-state index in [1.54, 1.807) is 32.9 Å². The first-order chi connectivity index (χ1) is 10.7. The van der Waals surface area contributed by atoms with E-state index in [0.717, 1.165) is 5.56 Å². The average molecular weight is 341 g/mol. The zero-order valence-electron chi connectivity index (χ0n) is 13.5. The highest BCUT2D eigenvalue weighted by molar-refractivity contribution is 7.99. The molecule has 0 radical (unpaired) electrons. The van der Waals surface area contributed by atoms with Gasteiger partial charge in [0.1, 0.15) is 11.6 Å². The van der Waals surface area contributed by atoms with Crippen molar-refractivity contribution in [2.24, 2.45) is 0 Å². The number of carboxylic acids is 1. The molecule has 1 rings (SSSR count). The largest absolute Gasteiger partial charge is 0.480 e. The number of thioether (sulfide) groups is 1. The Morgan fingerprint density at radius 2 is 1.83 bits per heavy atom. The molecule has 128 valence electrons. The van der Waals surface area contributed by atoms with Gasteiger partial charge in [0.15, 0.2) is 0 Å². The maximum Gasteiger partial charge on any atom is 0.408 e. The number of aliphatic hydroxyl groups excluding tert-OH is 1. The molecule has 1 aromatic rings. The Balaban J connectivity index is 2.45. The molecule has 3 N–H and O–H groups in total. The van der Waals surface area contributed by atoms with Gasteiger partial charge in [-0.05, 0) is 26.3 Å². The fraction of sp³-hybridized carbons (Fsp3) is 0.500. The molecule has 0 aliphatic rings. The minimum Gasteiger partial charge on any atom is -0.480 e. The van der Waals surface area contributed by atoms with Gasteiger partial charge in [0.25, 0.3) is 0 Å². The normalized spacial score (nSPS) is 13.9. The monoisotopic (exact) mass is 341 g/mol. The third-order valence-electron chi connectivity index (χ3n) is 2.73. The van der Waals surface area contributed by atoms with Gasteiger partial charge in [-0.2, -0.15) is 11.8 Å². The van der Waals surface area contributed by atoms with Crippen molar-refractivity contribution in [2.75, 3.05) is 11.5 Å². The summed E-state index contributed by atoms with van der Waals surface area (Å²) >= 11 is 1.25. The lowest BCUT2D eigenvalue weighted by Crippen LogP contribution is -2.45. The van der Waals surface area contributed by atoms with Gasteiger partial charge in [0.05, 0.1) is 6.10 Å². The second kappa shape index (κ2) is 8.79. The number of carbonyl (C=O) groups is 2. The van der Waals surface area contributed by atoms with Crippen LogP contribution in [0.5, 0.6) is 0 Å². The lowest BCUT2D eigenvalue weighted by Gasteiger charge is -2.22. The SMILES string of the molecule is CC(C)(C)OC(=O)N[C@@H](CSCC(O)c1ccccc1)C(=O)O. The van der Waals surface area contributed by atoms with Crippen LogP contribution in [0.25, 0.3) is 0 Å². The van der Waals surface area contributed by atoms with Crippen molar-refractivity contribution in [1.82, 2.24) is 5.32 Å². The molecule has 0 heterocycles. The van der Waals surface area contributed by atoms with Crippen LogP contribution in [0.15, 0.2) is 30.3 Å². The summed E-state index contributed by atoms with van der Waals surface area (Å²) in [6.45, 7) is 5.11. The molecule has 0 saturated carbocycles. The van der Waals surface area contributed by atoms with E-state index >= 15 is 0 Å². The number of alkyl carbamates (subject to hydrolysis) is 1. The van der Waals surface area contributed by atoms with Crippen molar-refractivity contribution >= 4 is 23.8 Å². The first kappa shape index (κ1) is 19.3. The van der Waals surface area contributed by atoms with Gasteiger partial charge in [-0.3, -0.25) is 0 Å². The first-order valence-corrected chi connectivity index (χ1v) is 8.37. The molecule has 6 nitrogen and oxygen atoms in total. The van der Waals surface area contributed by atoms with Crippen LogP contribution in [0.1, 0.15) is 32.4 Å². The summed E-state index contributed by atoms with van der Waals surface area (Å²) in [5, 5.41) is 21.5. The number of hydrogen-bond acceptors (Lipinski definition) is 5. The topological polar surface area (TPSA) is 95.9 Å². The van der Waals surface area contributed by atoms with E-state index in [2.05, 4.69) is 5.32 Å². The lowest BCUT2D eigenvalue weighted by atomic mass is 10.1. The molecular weight excluding hydrogens is 318 g/mol. The Bertz CT molecular complexity index is 515. The Kier molecular flexibility index (Phi) is 7.38. The van der Waals surface area contributed by atoms with Gasteiger partial charge < -0.3 is 20.3 Å². The smallest absolute Gasteiger partial charge is 0.408 e. The quantitative estimate of drug-likeness (QED) is 0.705. The molecule has 0 fully saturated rings. The van der Waals surface area contributed by atoms with Gasteiger partial charge >= 0.3 is 12.1 Å². The zero-order valence-corrected chi connectivity index (χ0v) is 14.3. The fourth-order valence-electron chi connectivity index (χ4n) is 1.69. The van der Waals surface area contributed by atoms with Gasteiger partial charge in [0.2, 0.25) is 0 Å². The molecule has 0 aromatic heterocycles. The Hall–Kier alpha value is -1.73. The predicted octanol–water partition coefficient (Wildman–Crippen LogP) is 2.43. The van der Waals surface area contributed by atoms with E-state index in [1.165, 1.54) is 11.8 Å². The van der Waals surface area contributed by atoms with Crippen molar-refractivity contribution in [2.45, 2.75) is 38.5 Å². The summed E-state index contributed by atoms with van der Waals surface area (Å²) in [6.07, 6.45) is -1.45. The molecule has 0 bridgehead atoms. The van der Waals surface area contributed by atoms with Gasteiger partial charge in [0, 0.05) is 11.5 Å². The average Bonchev–Trinajstić information content (AvgIpc) is 2.44. The molecule has 0 aliphatic carbocycles. The standard InChI is InChI=1S/C16H23NO5S/c1-16(2,3)22-15(21)17-12(14(19)20)9-23-10-13(18)11-7-5-4-6-8-11/h4-8,12-13,18H,9-10H2,1-3H3,(H,17,21)(H,19,20)/t12-,13?/m0/s1. The molecule has 0 saturated heterocycles. The maximum atomic E-state index is 11.6. The lowest BCUT2D eigenvalue weighted by molar-refractivity contribution is -0.138. The Labute approximate surface area is 140 Å².